The van der Waals surface area contributed by atoms with Crippen LogP contribution in [-0.4, -0.2) is 30.6 Å². The van der Waals surface area contributed by atoms with Crippen LogP contribution in [0, 0.1) is 23.8 Å². The molecule has 5 nitrogen and oxygen atoms in total. The fourth-order valence-electron chi connectivity index (χ4n) is 4.56. The third kappa shape index (κ3) is 3.49. The molecular formula is C25H26N4O. The lowest BCUT2D eigenvalue weighted by atomic mass is 9.81. The third-order valence-electron chi connectivity index (χ3n) is 6.15. The van der Waals surface area contributed by atoms with Gasteiger partial charge in [0.2, 0.25) is 0 Å². The smallest absolute Gasteiger partial charge is 0.121 e. The van der Waals surface area contributed by atoms with Crippen LogP contribution in [0.25, 0.3) is 0 Å². The first kappa shape index (κ1) is 19.9. The minimum Gasteiger partial charge on any atom is -0.497 e. The van der Waals surface area contributed by atoms with E-state index in [1.807, 2.05) is 47.4 Å². The van der Waals surface area contributed by atoms with Crippen LogP contribution in [0.5, 0.6) is 5.75 Å². The Bertz CT molecular complexity index is 1030. The first-order valence-corrected chi connectivity index (χ1v) is 10.2. The van der Waals surface area contributed by atoms with Crippen molar-refractivity contribution < 1.29 is 4.74 Å². The lowest BCUT2D eigenvalue weighted by Gasteiger charge is -2.50. The van der Waals surface area contributed by atoms with E-state index >= 15 is 0 Å². The highest BCUT2D eigenvalue weighted by Crippen LogP contribution is 2.46. The molecule has 0 radical (unpaired) electrons. The molecule has 0 saturated carbocycles. The van der Waals surface area contributed by atoms with Crippen molar-refractivity contribution in [1.82, 2.24) is 4.90 Å². The Morgan fingerprint density at radius 2 is 1.93 bits per heavy atom. The molecule has 30 heavy (non-hydrogen) atoms. The van der Waals surface area contributed by atoms with E-state index in [1.165, 1.54) is 5.56 Å². The van der Waals surface area contributed by atoms with Gasteiger partial charge >= 0.3 is 0 Å². The largest absolute Gasteiger partial charge is 0.497 e. The predicted octanol–water partition coefficient (Wildman–Crippen LogP) is 4.33. The van der Waals surface area contributed by atoms with Gasteiger partial charge in [-0.3, -0.25) is 9.80 Å². The Morgan fingerprint density at radius 1 is 1.20 bits per heavy atom. The van der Waals surface area contributed by atoms with Gasteiger partial charge in [-0.05, 0) is 49.6 Å². The zero-order valence-electron chi connectivity index (χ0n) is 17.5. The van der Waals surface area contributed by atoms with Crippen LogP contribution in [0.3, 0.4) is 0 Å². The van der Waals surface area contributed by atoms with Gasteiger partial charge in [-0.2, -0.15) is 5.26 Å². The van der Waals surface area contributed by atoms with Gasteiger partial charge in [-0.1, -0.05) is 24.6 Å². The van der Waals surface area contributed by atoms with Crippen LogP contribution in [0.4, 0.5) is 11.4 Å². The number of hydrogen-bond acceptors (Lipinski definition) is 5. The summed E-state index contributed by atoms with van der Waals surface area (Å²) in [6.45, 7) is 4.86. The number of terminal acetylenes is 1. The van der Waals surface area contributed by atoms with E-state index in [4.69, 9.17) is 16.4 Å². The van der Waals surface area contributed by atoms with Crippen molar-refractivity contribution in [3.05, 3.63) is 65.4 Å². The summed E-state index contributed by atoms with van der Waals surface area (Å²) in [5.41, 5.74) is 4.87. The van der Waals surface area contributed by atoms with Crippen molar-refractivity contribution in [2.24, 2.45) is 0 Å². The topological polar surface area (TPSA) is 51.5 Å². The maximum Gasteiger partial charge on any atom is 0.121 e. The van der Waals surface area contributed by atoms with E-state index in [-0.39, 0.29) is 5.54 Å². The second-order valence-corrected chi connectivity index (χ2v) is 7.81. The highest BCUT2D eigenvalue weighted by Gasteiger charge is 2.44. The van der Waals surface area contributed by atoms with E-state index in [0.717, 1.165) is 55.3 Å². The summed E-state index contributed by atoms with van der Waals surface area (Å²) in [5, 5.41) is 12.8. The first-order chi connectivity index (χ1) is 14.6. The summed E-state index contributed by atoms with van der Waals surface area (Å²) in [6.07, 6.45) is 9.99. The Morgan fingerprint density at radius 3 is 2.53 bits per heavy atom. The number of nitriles is 1. The number of anilines is 2. The molecule has 1 saturated heterocycles. The lowest BCUT2D eigenvalue weighted by Crippen LogP contribution is -2.55. The molecule has 1 fully saturated rings. The average Bonchev–Trinajstić information content (AvgIpc) is 2.79. The summed E-state index contributed by atoms with van der Waals surface area (Å²) >= 11 is 0. The maximum atomic E-state index is 8.98. The molecule has 0 unspecified atom stereocenters. The second kappa shape index (κ2) is 8.14. The molecule has 0 bridgehead atoms. The average molecular weight is 399 g/mol. The molecule has 2 aliphatic rings. The van der Waals surface area contributed by atoms with Crippen LogP contribution in [0.2, 0.25) is 0 Å². The number of hydrogen-bond donors (Lipinski definition) is 1. The van der Waals surface area contributed by atoms with Crippen LogP contribution < -0.4 is 15.0 Å². The Balaban J connectivity index is 1.55. The van der Waals surface area contributed by atoms with Crippen LogP contribution in [-0.2, 0) is 6.54 Å². The van der Waals surface area contributed by atoms with Gasteiger partial charge in [-0.15, -0.1) is 0 Å². The predicted molar refractivity (Wildman–Crippen MR) is 120 cm³/mol. The second-order valence-electron chi connectivity index (χ2n) is 7.81. The number of allylic oxidation sites excluding steroid dienone is 1. The van der Waals surface area contributed by atoms with Gasteiger partial charge < -0.3 is 10.1 Å². The van der Waals surface area contributed by atoms with Gasteiger partial charge in [0, 0.05) is 31.7 Å². The van der Waals surface area contributed by atoms with Gasteiger partial charge in [0.25, 0.3) is 0 Å². The lowest BCUT2D eigenvalue weighted by molar-refractivity contribution is 0.180. The maximum absolute atomic E-state index is 8.98. The number of nitrogens with zero attached hydrogens (tertiary/aromatic N) is 3. The van der Waals surface area contributed by atoms with Crippen molar-refractivity contribution in [3.8, 4) is 24.3 Å². The normalized spacial score (nSPS) is 18.9. The highest BCUT2D eigenvalue weighted by molar-refractivity contribution is 5.81. The van der Waals surface area contributed by atoms with Gasteiger partial charge in [0.1, 0.15) is 5.75 Å². The monoisotopic (exact) mass is 398 g/mol. The fraction of sp³-hybridized carbons (Fsp3) is 0.320. The highest BCUT2D eigenvalue weighted by atomic mass is 16.5. The van der Waals surface area contributed by atoms with Crippen LogP contribution in [0.15, 0.2) is 54.2 Å². The van der Waals surface area contributed by atoms with Crippen molar-refractivity contribution in [2.75, 3.05) is 30.4 Å². The Labute approximate surface area is 178 Å². The number of piperidine rings is 1. The molecule has 1 N–H and O–H groups in total. The molecule has 2 aromatic rings. The fourth-order valence-corrected chi connectivity index (χ4v) is 4.56. The van der Waals surface area contributed by atoms with E-state index < -0.39 is 0 Å². The minimum atomic E-state index is -0.193. The molecule has 152 valence electrons. The number of likely N-dealkylation sites (tertiary alicyclic amines) is 1. The molecule has 0 atom stereocenters. The minimum absolute atomic E-state index is 0.193. The zero-order valence-corrected chi connectivity index (χ0v) is 17.5. The molecule has 0 amide bonds. The van der Waals surface area contributed by atoms with E-state index in [2.05, 4.69) is 35.3 Å². The number of rotatable bonds is 3. The summed E-state index contributed by atoms with van der Waals surface area (Å²) in [6, 6.07) is 18.9. The number of ether oxygens (including phenoxy) is 1. The third-order valence-corrected chi connectivity index (χ3v) is 6.15. The summed E-state index contributed by atoms with van der Waals surface area (Å²) in [4.78, 5) is 4.43. The molecule has 1 spiro atoms. The van der Waals surface area contributed by atoms with Crippen LogP contribution in [0.1, 0.15) is 30.9 Å². The van der Waals surface area contributed by atoms with Crippen LogP contribution >= 0.6 is 0 Å². The Kier molecular flexibility index (Phi) is 5.40. The quantitative estimate of drug-likeness (QED) is 0.780. The number of methoxy groups -OCH3 is 1. The van der Waals surface area contributed by atoms with E-state index in [1.54, 1.807) is 7.11 Å². The summed E-state index contributed by atoms with van der Waals surface area (Å²) in [7, 11) is 1.68. The van der Waals surface area contributed by atoms with Gasteiger partial charge in [-0.25, -0.2) is 0 Å². The SMILES string of the molecule is C#CN1/C(=C\C)C2(CCN(Cc3ccc(C#N)cc3)CC2)Nc2cc(OC)ccc21. The molecule has 4 rings (SSSR count). The standard InChI is InChI=1S/C25H26N4O/c1-4-24-25(27-22-16-21(30-3)10-11-23(22)29(24)5-2)12-14-28(15-13-25)18-20-8-6-19(17-26)7-9-20/h2,4,6-11,16,27H,12-15,18H2,1,3H3/b24-4-. The van der Waals surface area contributed by atoms with Gasteiger partial charge in [0.15, 0.2) is 0 Å². The molecule has 2 aromatic carbocycles. The number of nitrogens with one attached hydrogen (secondary N) is 1. The van der Waals surface area contributed by atoms with Gasteiger partial charge in [0.05, 0.1) is 41.4 Å². The van der Waals surface area contributed by atoms with Crippen molar-refractivity contribution >= 4 is 11.4 Å². The summed E-state index contributed by atoms with van der Waals surface area (Å²) < 4.78 is 5.42. The molecule has 2 heterocycles. The molecule has 2 aliphatic heterocycles. The van der Waals surface area contributed by atoms with E-state index in [9.17, 15) is 0 Å². The zero-order chi connectivity index (χ0) is 21.1. The first-order valence-electron chi connectivity index (χ1n) is 10.2. The molecule has 0 aromatic heterocycles. The molecule has 0 aliphatic carbocycles. The van der Waals surface area contributed by atoms with Crippen molar-refractivity contribution in [1.29, 1.82) is 5.26 Å². The Hall–Kier alpha value is -3.41. The molecule has 5 heteroatoms. The number of fused-ring (bicyclic) bond motifs is 1. The molecular weight excluding hydrogens is 372 g/mol. The number of benzene rings is 2. The summed E-state index contributed by atoms with van der Waals surface area (Å²) in [5.74, 6) is 0.815. The van der Waals surface area contributed by atoms with E-state index in [0.29, 0.717) is 5.56 Å². The van der Waals surface area contributed by atoms with Crippen molar-refractivity contribution in [3.63, 3.8) is 0 Å². The van der Waals surface area contributed by atoms with Crippen molar-refractivity contribution in [2.45, 2.75) is 31.8 Å².